The first-order valence-electron chi connectivity index (χ1n) is 4.59. The van der Waals surface area contributed by atoms with Gasteiger partial charge in [-0.25, -0.2) is 0 Å². The summed E-state index contributed by atoms with van der Waals surface area (Å²) in [7, 11) is 0. The summed E-state index contributed by atoms with van der Waals surface area (Å²) < 4.78 is 12.0. The first-order valence-corrected chi connectivity index (χ1v) is 4.59. The van der Waals surface area contributed by atoms with Gasteiger partial charge in [-0.1, -0.05) is 47.0 Å². The number of rotatable bonds is 3. The van der Waals surface area contributed by atoms with Crippen molar-refractivity contribution in [2.45, 2.75) is 6.92 Å². The van der Waals surface area contributed by atoms with Gasteiger partial charge in [0.25, 0.3) is 5.91 Å². The van der Waals surface area contributed by atoms with Crippen LogP contribution in [0.25, 0.3) is 6.08 Å². The van der Waals surface area contributed by atoms with E-state index in [1.165, 1.54) is 0 Å². The van der Waals surface area contributed by atoms with Crippen molar-refractivity contribution in [2.24, 2.45) is 0 Å². The molecule has 78 valence electrons. The van der Waals surface area contributed by atoms with Crippen molar-refractivity contribution in [3.63, 3.8) is 0 Å². The van der Waals surface area contributed by atoms with Crippen molar-refractivity contribution >= 4 is 12.0 Å². The maximum Gasteiger partial charge on any atom is 0.279 e. The zero-order valence-corrected chi connectivity index (χ0v) is 8.41. The molecule has 1 rings (SSSR count). The molecule has 1 aromatic rings. The number of carbonyl (C=O) groups is 1. The first kappa shape index (κ1) is 11.2. The second-order valence-corrected chi connectivity index (χ2v) is 2.90. The van der Waals surface area contributed by atoms with Gasteiger partial charge in [-0.2, -0.15) is 5.54 Å². The molecule has 1 N–H and O–H groups in total. The second-order valence-electron chi connectivity index (χ2n) is 2.90. The molecule has 0 aliphatic heterocycles. The van der Waals surface area contributed by atoms with Gasteiger partial charge in [-0.05, 0) is 18.6 Å². The lowest BCUT2D eigenvalue weighted by Crippen LogP contribution is -2.14. The fourth-order valence-electron chi connectivity index (χ4n) is 1.17. The highest BCUT2D eigenvalue weighted by atomic mass is 19.2. The Balaban J connectivity index is 3.01. The summed E-state index contributed by atoms with van der Waals surface area (Å²) in [6.45, 7) is 1.89. The molecule has 15 heavy (non-hydrogen) atoms. The predicted octanol–water partition coefficient (Wildman–Crippen LogP) is 2.89. The Labute approximate surface area is 88.1 Å². The summed E-state index contributed by atoms with van der Waals surface area (Å²) in [6, 6.07) is 6.82. The van der Waals surface area contributed by atoms with E-state index in [1.54, 1.807) is 36.4 Å². The first-order chi connectivity index (χ1) is 7.29. The van der Waals surface area contributed by atoms with Gasteiger partial charge in [0.2, 0.25) is 0 Å². The van der Waals surface area contributed by atoms with E-state index >= 15 is 0 Å². The number of hydrogen-bond acceptors (Lipinski definition) is 1. The molecule has 0 fully saturated rings. The summed E-state index contributed by atoms with van der Waals surface area (Å²) in [5.74, 6) is -0.726. The van der Waals surface area contributed by atoms with E-state index in [1.807, 2.05) is 19.1 Å². The molecule has 0 aliphatic rings. The Morgan fingerprint density at radius 3 is 2.73 bits per heavy atom. The molecular weight excluding hydrogens is 193 g/mol. The van der Waals surface area contributed by atoms with Crippen LogP contribution in [-0.4, -0.2) is 5.91 Å². The van der Waals surface area contributed by atoms with Crippen LogP contribution >= 0.6 is 0 Å². The normalized spacial score (nSPS) is 11.1. The number of halogens is 1. The summed E-state index contributed by atoms with van der Waals surface area (Å²) in [6.07, 6.45) is 7.26. The Morgan fingerprint density at radius 2 is 2.07 bits per heavy atom. The lowest BCUT2D eigenvalue weighted by molar-refractivity contribution is 0.0859. The van der Waals surface area contributed by atoms with E-state index < -0.39 is 5.91 Å². The second kappa shape index (κ2) is 5.75. The summed E-state index contributed by atoms with van der Waals surface area (Å²) >= 11 is 0. The number of amides is 1. The van der Waals surface area contributed by atoms with Crippen LogP contribution in [0.2, 0.25) is 0 Å². The maximum atomic E-state index is 12.0. The number of carbonyl (C=O) groups excluding carboxylic acids is 1. The van der Waals surface area contributed by atoms with Gasteiger partial charge in [0.15, 0.2) is 0 Å². The lowest BCUT2D eigenvalue weighted by atomic mass is 10.1. The molecule has 3 heteroatoms. The number of benzene rings is 1. The van der Waals surface area contributed by atoms with Gasteiger partial charge < -0.3 is 0 Å². The predicted molar refractivity (Wildman–Crippen MR) is 58.9 cm³/mol. The fraction of sp³-hybridized carbons (Fsp3) is 0.0833. The average Bonchev–Trinajstić information content (AvgIpc) is 2.29. The topological polar surface area (TPSA) is 29.1 Å². The molecule has 0 atom stereocenters. The third-order valence-corrected chi connectivity index (χ3v) is 1.87. The van der Waals surface area contributed by atoms with E-state index in [9.17, 15) is 9.28 Å². The molecule has 2 nitrogen and oxygen atoms in total. The van der Waals surface area contributed by atoms with Crippen LogP contribution in [0.5, 0.6) is 0 Å². The summed E-state index contributed by atoms with van der Waals surface area (Å²) in [5.41, 5.74) is 2.13. The molecule has 0 aliphatic carbocycles. The monoisotopic (exact) mass is 205 g/mol. The molecule has 1 aromatic carbocycles. The molecule has 0 bridgehead atoms. The van der Waals surface area contributed by atoms with Crippen molar-refractivity contribution < 1.29 is 9.28 Å². The summed E-state index contributed by atoms with van der Waals surface area (Å²) in [5, 5.41) is 0. The van der Waals surface area contributed by atoms with Gasteiger partial charge in [0.05, 0.1) is 0 Å². The van der Waals surface area contributed by atoms with Crippen LogP contribution in [0.3, 0.4) is 0 Å². The van der Waals surface area contributed by atoms with Crippen molar-refractivity contribution in [1.82, 2.24) is 5.54 Å². The maximum absolute atomic E-state index is 12.0. The summed E-state index contributed by atoms with van der Waals surface area (Å²) in [4.78, 5) is 11.1. The van der Waals surface area contributed by atoms with Crippen LogP contribution in [0.15, 0.2) is 42.5 Å². The van der Waals surface area contributed by atoms with Crippen molar-refractivity contribution in [3.05, 3.63) is 53.6 Å². The molecular formula is C12H12FNO. The lowest BCUT2D eigenvalue weighted by Gasteiger charge is -2.01. The highest BCUT2D eigenvalue weighted by Crippen LogP contribution is 2.10. The zero-order valence-electron chi connectivity index (χ0n) is 8.41. The van der Waals surface area contributed by atoms with Crippen LogP contribution in [0.1, 0.15) is 22.8 Å². The van der Waals surface area contributed by atoms with E-state index in [0.717, 1.165) is 5.54 Å². The Kier molecular flexibility index (Phi) is 4.29. The van der Waals surface area contributed by atoms with Gasteiger partial charge in [0.1, 0.15) is 0 Å². The van der Waals surface area contributed by atoms with E-state index in [2.05, 4.69) is 0 Å². The van der Waals surface area contributed by atoms with Crippen LogP contribution in [0, 0.1) is 0 Å². The van der Waals surface area contributed by atoms with Gasteiger partial charge in [0, 0.05) is 5.56 Å². The molecule has 1 amide bonds. The third-order valence-electron chi connectivity index (χ3n) is 1.87. The quantitative estimate of drug-likeness (QED) is 0.596. The minimum Gasteiger partial charge on any atom is -0.267 e. The highest BCUT2D eigenvalue weighted by molar-refractivity contribution is 5.97. The third kappa shape index (κ3) is 3.06. The molecule has 0 saturated heterocycles. The van der Waals surface area contributed by atoms with Gasteiger partial charge in [-0.15, -0.1) is 0 Å². The van der Waals surface area contributed by atoms with Crippen LogP contribution in [-0.2, 0) is 0 Å². The molecule has 0 aromatic heterocycles. The Morgan fingerprint density at radius 1 is 1.33 bits per heavy atom. The van der Waals surface area contributed by atoms with E-state index in [0.29, 0.717) is 11.1 Å². The number of allylic oxidation sites excluding steroid dienone is 3. The standard InChI is InChI=1S/C12H12FNO/c1-2-3-4-7-10-8-5-6-9-11(10)12(15)14-13/h2-9H,1H3,(H,14,15)/b3-2-,7-4-. The molecule has 0 radical (unpaired) electrons. The molecule has 0 spiro atoms. The van der Waals surface area contributed by atoms with Crippen molar-refractivity contribution in [3.8, 4) is 0 Å². The minimum absolute atomic E-state index is 0.320. The van der Waals surface area contributed by atoms with Crippen LogP contribution < -0.4 is 5.54 Å². The molecule has 0 saturated carbocycles. The van der Waals surface area contributed by atoms with E-state index in [4.69, 9.17) is 0 Å². The van der Waals surface area contributed by atoms with Crippen LogP contribution in [0.4, 0.5) is 4.48 Å². The van der Waals surface area contributed by atoms with E-state index in [-0.39, 0.29) is 0 Å². The SMILES string of the molecule is C/C=C\C=C/c1ccccc1C(=O)NF. The van der Waals surface area contributed by atoms with Crippen molar-refractivity contribution in [2.75, 3.05) is 0 Å². The minimum atomic E-state index is -0.726. The number of hydrogen-bond donors (Lipinski definition) is 1. The average molecular weight is 205 g/mol. The molecule has 0 unspecified atom stereocenters. The Hall–Kier alpha value is -1.90. The smallest absolute Gasteiger partial charge is 0.267 e. The van der Waals surface area contributed by atoms with Gasteiger partial charge in [-0.3, -0.25) is 4.79 Å². The highest BCUT2D eigenvalue weighted by Gasteiger charge is 2.07. The van der Waals surface area contributed by atoms with Crippen molar-refractivity contribution in [1.29, 1.82) is 0 Å². The van der Waals surface area contributed by atoms with Gasteiger partial charge >= 0.3 is 0 Å². The largest absolute Gasteiger partial charge is 0.279 e. The number of nitrogens with one attached hydrogen (secondary N) is 1. The fourth-order valence-corrected chi connectivity index (χ4v) is 1.17. The zero-order chi connectivity index (χ0) is 11.1. The molecule has 0 heterocycles. The Bertz CT molecular complexity index is 396.